The summed E-state index contributed by atoms with van der Waals surface area (Å²) < 4.78 is 5.25. The maximum atomic E-state index is 12.8. The number of phenolic OH excluding ortho intramolecular Hbond substituents is 1. The number of rotatable bonds is 2. The number of ether oxygens (including phenoxy) is 1. The van der Waals surface area contributed by atoms with Crippen LogP contribution in [0.3, 0.4) is 0 Å². The van der Waals surface area contributed by atoms with Crippen LogP contribution in [-0.4, -0.2) is 41.7 Å². The Morgan fingerprint density at radius 2 is 2.09 bits per heavy atom. The van der Waals surface area contributed by atoms with Gasteiger partial charge >= 0.3 is 0 Å². The highest BCUT2D eigenvalue weighted by Gasteiger charge is 2.57. The largest absolute Gasteiger partial charge is 0.508 e. The van der Waals surface area contributed by atoms with Gasteiger partial charge in [-0.25, -0.2) is 0 Å². The minimum absolute atomic E-state index is 0.00599. The molecule has 3 atom stereocenters. The molecular formula is C19H27NO3. The smallest absolute Gasteiger partial charge is 0.251 e. The van der Waals surface area contributed by atoms with Gasteiger partial charge in [0.1, 0.15) is 11.9 Å². The van der Waals surface area contributed by atoms with Gasteiger partial charge in [-0.15, -0.1) is 0 Å². The first kappa shape index (κ1) is 16.3. The highest BCUT2D eigenvalue weighted by Crippen LogP contribution is 2.56. The normalized spacial score (nSPS) is 29.8. The molecule has 1 N–H and O–H groups in total. The maximum Gasteiger partial charge on any atom is 0.251 e. The molecule has 1 fully saturated rings. The molecule has 1 aromatic rings. The summed E-state index contributed by atoms with van der Waals surface area (Å²) >= 11 is 0. The van der Waals surface area contributed by atoms with Crippen LogP contribution in [0.25, 0.3) is 0 Å². The Bertz CT molecular complexity index is 640. The van der Waals surface area contributed by atoms with E-state index in [1.165, 1.54) is 11.1 Å². The van der Waals surface area contributed by atoms with Crippen molar-refractivity contribution in [2.75, 3.05) is 13.7 Å². The van der Waals surface area contributed by atoms with Crippen molar-refractivity contribution in [2.24, 2.45) is 5.41 Å². The Labute approximate surface area is 138 Å². The highest BCUT2D eigenvalue weighted by atomic mass is 16.5. The summed E-state index contributed by atoms with van der Waals surface area (Å²) in [5.74, 6) is 0.365. The van der Waals surface area contributed by atoms with E-state index in [0.717, 1.165) is 19.4 Å². The van der Waals surface area contributed by atoms with Crippen LogP contribution in [0.15, 0.2) is 18.2 Å². The molecule has 0 unspecified atom stereocenters. The topological polar surface area (TPSA) is 49.8 Å². The fourth-order valence-corrected chi connectivity index (χ4v) is 4.52. The number of hydrogen-bond acceptors (Lipinski definition) is 3. The van der Waals surface area contributed by atoms with Crippen LogP contribution in [0.5, 0.6) is 5.75 Å². The van der Waals surface area contributed by atoms with Crippen molar-refractivity contribution in [1.82, 2.24) is 4.90 Å². The van der Waals surface area contributed by atoms with Crippen LogP contribution >= 0.6 is 0 Å². The lowest BCUT2D eigenvalue weighted by atomic mass is 9.51. The Morgan fingerprint density at radius 1 is 1.39 bits per heavy atom. The van der Waals surface area contributed by atoms with Crippen molar-refractivity contribution in [3.8, 4) is 5.75 Å². The molecule has 2 bridgehead atoms. The highest BCUT2D eigenvalue weighted by molar-refractivity contribution is 5.81. The predicted octanol–water partition coefficient (Wildman–Crippen LogP) is 2.87. The molecule has 1 saturated heterocycles. The average molecular weight is 317 g/mol. The average Bonchev–Trinajstić information content (AvgIpc) is 2.49. The Kier molecular flexibility index (Phi) is 3.71. The Morgan fingerprint density at radius 3 is 2.74 bits per heavy atom. The molecule has 4 nitrogen and oxygen atoms in total. The number of fused-ring (bicyclic) bond motifs is 4. The van der Waals surface area contributed by atoms with Gasteiger partial charge in [-0.05, 0) is 48.4 Å². The summed E-state index contributed by atoms with van der Waals surface area (Å²) in [6.07, 6.45) is 1.30. The van der Waals surface area contributed by atoms with Crippen LogP contribution < -0.4 is 0 Å². The third-order valence-corrected chi connectivity index (χ3v) is 6.57. The summed E-state index contributed by atoms with van der Waals surface area (Å²) in [6, 6.07) is 5.84. The summed E-state index contributed by atoms with van der Waals surface area (Å²) in [6.45, 7) is 9.41. The fourth-order valence-electron chi connectivity index (χ4n) is 4.52. The van der Waals surface area contributed by atoms with Crippen LogP contribution in [0.2, 0.25) is 0 Å². The van der Waals surface area contributed by atoms with Crippen LogP contribution in [-0.2, 0) is 21.4 Å². The molecule has 1 aromatic carbocycles. The van der Waals surface area contributed by atoms with Crippen molar-refractivity contribution < 1.29 is 14.6 Å². The molecule has 126 valence electrons. The third-order valence-electron chi connectivity index (χ3n) is 6.57. The molecule has 0 spiro atoms. The van der Waals surface area contributed by atoms with Gasteiger partial charge in [0.05, 0.1) is 0 Å². The predicted molar refractivity (Wildman–Crippen MR) is 89.5 cm³/mol. The monoisotopic (exact) mass is 317 g/mol. The van der Waals surface area contributed by atoms with Gasteiger partial charge in [-0.3, -0.25) is 4.79 Å². The molecular weight excluding hydrogens is 290 g/mol. The SMILES string of the molecule is CO[C@H](C)C(=O)N1CC[C@@]2(C)c3ccc(O)cc3C[C@@H]1C2(C)C. The molecule has 1 amide bonds. The minimum atomic E-state index is -0.416. The number of carbonyl (C=O) groups excluding carboxylic acids is 1. The van der Waals surface area contributed by atoms with E-state index < -0.39 is 6.10 Å². The minimum Gasteiger partial charge on any atom is -0.508 e. The molecule has 1 heterocycles. The first-order valence-corrected chi connectivity index (χ1v) is 8.38. The molecule has 3 rings (SSSR count). The summed E-state index contributed by atoms with van der Waals surface area (Å²) in [5, 5.41) is 9.87. The summed E-state index contributed by atoms with van der Waals surface area (Å²) in [5.41, 5.74) is 2.47. The van der Waals surface area contributed by atoms with Crippen molar-refractivity contribution in [2.45, 2.75) is 58.1 Å². The molecule has 0 radical (unpaired) electrons. The summed E-state index contributed by atoms with van der Waals surface area (Å²) in [7, 11) is 1.58. The van der Waals surface area contributed by atoms with E-state index in [1.807, 2.05) is 17.9 Å². The van der Waals surface area contributed by atoms with Crippen molar-refractivity contribution in [1.29, 1.82) is 0 Å². The summed E-state index contributed by atoms with van der Waals surface area (Å²) in [4.78, 5) is 14.8. The molecule has 2 aliphatic rings. The number of benzene rings is 1. The zero-order chi connectivity index (χ0) is 17.0. The molecule has 1 aliphatic carbocycles. The lowest BCUT2D eigenvalue weighted by Gasteiger charge is -2.61. The lowest BCUT2D eigenvalue weighted by Crippen LogP contribution is -2.65. The number of carbonyl (C=O) groups is 1. The second-order valence-electron chi connectivity index (χ2n) is 7.77. The van der Waals surface area contributed by atoms with Crippen LogP contribution in [0, 0.1) is 5.41 Å². The van der Waals surface area contributed by atoms with Crippen molar-refractivity contribution in [3.05, 3.63) is 29.3 Å². The number of likely N-dealkylation sites (tertiary alicyclic amines) is 1. The van der Waals surface area contributed by atoms with Gasteiger partial charge in [-0.1, -0.05) is 26.8 Å². The maximum absolute atomic E-state index is 12.8. The number of nitrogens with zero attached hydrogens (tertiary/aromatic N) is 1. The molecule has 1 aliphatic heterocycles. The second-order valence-corrected chi connectivity index (χ2v) is 7.77. The standard InChI is InChI=1S/C19H27NO3/c1-12(23-5)17(22)20-9-8-19(4)15-7-6-14(21)10-13(15)11-16(20)18(19,2)3/h6-7,10,12,16,21H,8-9,11H2,1-5H3/t12-,16-,19+/m1/s1. The second kappa shape index (κ2) is 5.23. The third kappa shape index (κ3) is 2.18. The molecule has 23 heavy (non-hydrogen) atoms. The lowest BCUT2D eigenvalue weighted by molar-refractivity contribution is -0.153. The Hall–Kier alpha value is -1.55. The van der Waals surface area contributed by atoms with E-state index >= 15 is 0 Å². The molecule has 0 saturated carbocycles. The molecule has 4 heteroatoms. The number of aromatic hydroxyl groups is 1. The van der Waals surface area contributed by atoms with Crippen molar-refractivity contribution >= 4 is 5.91 Å². The van der Waals surface area contributed by atoms with E-state index in [9.17, 15) is 9.90 Å². The quantitative estimate of drug-likeness (QED) is 0.912. The zero-order valence-electron chi connectivity index (χ0n) is 14.7. The number of amides is 1. The first-order chi connectivity index (χ1) is 10.7. The van der Waals surface area contributed by atoms with E-state index in [1.54, 1.807) is 13.2 Å². The van der Waals surface area contributed by atoms with E-state index in [-0.39, 0.29) is 22.8 Å². The fraction of sp³-hybridized carbons (Fsp3) is 0.632. The van der Waals surface area contributed by atoms with Gasteiger partial charge in [0, 0.05) is 25.1 Å². The van der Waals surface area contributed by atoms with E-state index in [0.29, 0.717) is 5.75 Å². The van der Waals surface area contributed by atoms with Crippen molar-refractivity contribution in [3.63, 3.8) is 0 Å². The number of hydrogen-bond donors (Lipinski definition) is 1. The van der Waals surface area contributed by atoms with Gasteiger partial charge in [-0.2, -0.15) is 0 Å². The Balaban J connectivity index is 2.07. The van der Waals surface area contributed by atoms with E-state index in [2.05, 4.69) is 26.8 Å². The van der Waals surface area contributed by atoms with E-state index in [4.69, 9.17) is 4.74 Å². The number of methoxy groups -OCH3 is 1. The van der Waals surface area contributed by atoms with Gasteiger partial charge < -0.3 is 14.7 Å². The molecule has 0 aromatic heterocycles. The van der Waals surface area contributed by atoms with Gasteiger partial charge in [0.2, 0.25) is 0 Å². The zero-order valence-corrected chi connectivity index (χ0v) is 14.7. The van der Waals surface area contributed by atoms with Crippen LogP contribution in [0.4, 0.5) is 0 Å². The number of piperidine rings is 1. The first-order valence-electron chi connectivity index (χ1n) is 8.38. The van der Waals surface area contributed by atoms with Gasteiger partial charge in [0.25, 0.3) is 5.91 Å². The number of phenols is 1. The van der Waals surface area contributed by atoms with Gasteiger partial charge in [0.15, 0.2) is 0 Å². The van der Waals surface area contributed by atoms with Crippen LogP contribution in [0.1, 0.15) is 45.2 Å².